The van der Waals surface area contributed by atoms with E-state index in [1.54, 1.807) is 4.90 Å². The molecule has 1 atom stereocenters. The van der Waals surface area contributed by atoms with Crippen molar-refractivity contribution in [1.29, 1.82) is 0 Å². The molecule has 1 amide bonds. The third kappa shape index (κ3) is 3.04. The van der Waals surface area contributed by atoms with E-state index < -0.39 is 4.92 Å². The molecular formula is C13H15ClN2O3. The Morgan fingerprint density at radius 2 is 2.26 bits per heavy atom. The number of nitrogens with zero attached hydrogens (tertiary/aromatic N) is 2. The quantitative estimate of drug-likeness (QED) is 0.618. The van der Waals surface area contributed by atoms with Gasteiger partial charge in [-0.25, -0.2) is 0 Å². The van der Waals surface area contributed by atoms with Gasteiger partial charge in [-0.3, -0.25) is 14.9 Å². The Morgan fingerprint density at radius 3 is 2.89 bits per heavy atom. The van der Waals surface area contributed by atoms with Crippen LogP contribution in [0.3, 0.4) is 0 Å². The number of rotatable bonds is 2. The Hall–Kier alpha value is -1.62. The van der Waals surface area contributed by atoms with Crippen molar-refractivity contribution in [3.8, 4) is 0 Å². The molecule has 5 nitrogen and oxygen atoms in total. The lowest BCUT2D eigenvalue weighted by molar-refractivity contribution is -0.384. The average molecular weight is 283 g/mol. The maximum Gasteiger partial charge on any atom is 0.288 e. The smallest absolute Gasteiger partial charge is 0.288 e. The summed E-state index contributed by atoms with van der Waals surface area (Å²) in [5.74, 6) is 0.311. The maximum atomic E-state index is 12.3. The summed E-state index contributed by atoms with van der Waals surface area (Å²) in [6, 6.07) is 4.20. The van der Waals surface area contributed by atoms with Crippen LogP contribution in [-0.2, 0) is 0 Å². The second-order valence-electron chi connectivity index (χ2n) is 4.92. The van der Waals surface area contributed by atoms with Crippen molar-refractivity contribution in [1.82, 2.24) is 4.90 Å². The van der Waals surface area contributed by atoms with Crippen LogP contribution in [0.1, 0.15) is 30.1 Å². The molecule has 0 bridgehead atoms. The zero-order chi connectivity index (χ0) is 14.0. The van der Waals surface area contributed by atoms with Gasteiger partial charge in [-0.1, -0.05) is 18.5 Å². The van der Waals surface area contributed by atoms with E-state index in [2.05, 4.69) is 6.92 Å². The molecule has 1 aliphatic rings. The average Bonchev–Trinajstić information content (AvgIpc) is 2.38. The van der Waals surface area contributed by atoms with Gasteiger partial charge < -0.3 is 4.90 Å². The molecule has 0 unspecified atom stereocenters. The molecule has 0 spiro atoms. The minimum Gasteiger partial charge on any atom is -0.338 e. The van der Waals surface area contributed by atoms with E-state index in [0.717, 1.165) is 12.8 Å². The second-order valence-corrected chi connectivity index (χ2v) is 5.33. The Labute approximate surface area is 116 Å². The minimum absolute atomic E-state index is 0.0496. The Morgan fingerprint density at radius 1 is 1.53 bits per heavy atom. The van der Waals surface area contributed by atoms with Gasteiger partial charge in [0.05, 0.1) is 4.92 Å². The molecule has 1 heterocycles. The van der Waals surface area contributed by atoms with E-state index in [-0.39, 0.29) is 16.6 Å². The lowest BCUT2D eigenvalue weighted by Crippen LogP contribution is -2.39. The predicted octanol–water partition coefficient (Wildman–Crippen LogP) is 3.12. The molecule has 1 aromatic rings. The fraction of sp³-hybridized carbons (Fsp3) is 0.462. The van der Waals surface area contributed by atoms with Gasteiger partial charge in [0.25, 0.3) is 11.6 Å². The monoisotopic (exact) mass is 282 g/mol. The summed E-state index contributed by atoms with van der Waals surface area (Å²) in [4.78, 5) is 24.3. The molecule has 1 fully saturated rings. The summed E-state index contributed by atoms with van der Waals surface area (Å²) in [6.07, 6.45) is 2.09. The van der Waals surface area contributed by atoms with Crippen LogP contribution in [0, 0.1) is 16.0 Å². The lowest BCUT2D eigenvalue weighted by atomic mass is 9.99. The molecule has 0 N–H and O–H groups in total. The Kier molecular flexibility index (Phi) is 4.04. The number of nitro groups is 1. The first-order chi connectivity index (χ1) is 8.99. The van der Waals surface area contributed by atoms with Gasteiger partial charge in [0, 0.05) is 24.7 Å². The van der Waals surface area contributed by atoms with Crippen molar-refractivity contribution in [3.63, 3.8) is 0 Å². The molecule has 2 rings (SSSR count). The number of hydrogen-bond acceptors (Lipinski definition) is 3. The fourth-order valence-corrected chi connectivity index (χ4v) is 2.53. The highest BCUT2D eigenvalue weighted by Crippen LogP contribution is 2.26. The number of piperidine rings is 1. The summed E-state index contributed by atoms with van der Waals surface area (Å²) < 4.78 is 0. The maximum absolute atomic E-state index is 12.3. The molecule has 0 saturated carbocycles. The van der Waals surface area contributed by atoms with Gasteiger partial charge in [0.1, 0.15) is 5.02 Å². The molecule has 0 aliphatic carbocycles. The van der Waals surface area contributed by atoms with E-state index in [4.69, 9.17) is 11.6 Å². The van der Waals surface area contributed by atoms with Gasteiger partial charge >= 0.3 is 0 Å². The number of carbonyl (C=O) groups excluding carboxylic acids is 1. The highest BCUT2D eigenvalue weighted by Gasteiger charge is 2.24. The summed E-state index contributed by atoms with van der Waals surface area (Å²) >= 11 is 5.74. The molecule has 19 heavy (non-hydrogen) atoms. The summed E-state index contributed by atoms with van der Waals surface area (Å²) in [7, 11) is 0. The van der Waals surface area contributed by atoms with Crippen molar-refractivity contribution in [2.24, 2.45) is 5.92 Å². The fourth-order valence-electron chi connectivity index (χ4n) is 2.34. The largest absolute Gasteiger partial charge is 0.338 e. The third-order valence-corrected chi connectivity index (χ3v) is 3.65. The number of nitro benzene ring substituents is 1. The number of halogens is 1. The van der Waals surface area contributed by atoms with E-state index in [1.807, 2.05) is 0 Å². The third-order valence-electron chi connectivity index (χ3n) is 3.33. The first-order valence-electron chi connectivity index (χ1n) is 6.22. The van der Waals surface area contributed by atoms with Crippen molar-refractivity contribution in [2.75, 3.05) is 13.1 Å². The zero-order valence-electron chi connectivity index (χ0n) is 10.6. The number of carbonyl (C=O) groups is 1. The number of benzene rings is 1. The van der Waals surface area contributed by atoms with Crippen molar-refractivity contribution in [3.05, 3.63) is 38.9 Å². The Bertz CT molecular complexity index is 519. The van der Waals surface area contributed by atoms with Crippen LogP contribution < -0.4 is 0 Å². The van der Waals surface area contributed by atoms with Crippen LogP contribution in [0.25, 0.3) is 0 Å². The highest BCUT2D eigenvalue weighted by atomic mass is 35.5. The van der Waals surface area contributed by atoms with E-state index in [9.17, 15) is 14.9 Å². The summed E-state index contributed by atoms with van der Waals surface area (Å²) in [5, 5.41) is 10.9. The molecule has 1 aliphatic heterocycles. The number of hydrogen-bond donors (Lipinski definition) is 0. The van der Waals surface area contributed by atoms with E-state index in [1.165, 1.54) is 18.2 Å². The van der Waals surface area contributed by atoms with E-state index >= 15 is 0 Å². The minimum atomic E-state index is -0.571. The first-order valence-corrected chi connectivity index (χ1v) is 6.60. The molecule has 1 aromatic carbocycles. The van der Waals surface area contributed by atoms with Crippen LogP contribution in [0.15, 0.2) is 18.2 Å². The SMILES string of the molecule is C[C@@H]1CCCN(C(=O)c2ccc(Cl)c([N+](=O)[O-])c2)C1. The standard InChI is InChI=1S/C13H15ClN2O3/c1-9-3-2-6-15(8-9)13(17)10-4-5-11(14)12(7-10)16(18)19/h4-5,7,9H,2-3,6,8H2,1H3/t9-/m1/s1. The van der Waals surface area contributed by atoms with Crippen LogP contribution in [0.5, 0.6) is 0 Å². The van der Waals surface area contributed by atoms with Crippen LogP contribution in [-0.4, -0.2) is 28.8 Å². The molecule has 0 aromatic heterocycles. The molecule has 1 saturated heterocycles. The highest BCUT2D eigenvalue weighted by molar-refractivity contribution is 6.32. The summed E-state index contributed by atoms with van der Waals surface area (Å²) in [5.41, 5.74) is 0.0998. The normalized spacial score (nSPS) is 19.3. The van der Waals surface area contributed by atoms with Crippen molar-refractivity contribution < 1.29 is 9.72 Å². The molecular weight excluding hydrogens is 268 g/mol. The molecule has 0 radical (unpaired) electrons. The van der Waals surface area contributed by atoms with Crippen LogP contribution in [0.4, 0.5) is 5.69 Å². The van der Waals surface area contributed by atoms with Crippen molar-refractivity contribution >= 4 is 23.2 Å². The summed E-state index contributed by atoms with van der Waals surface area (Å²) in [6.45, 7) is 3.51. The molecule has 102 valence electrons. The molecule has 6 heteroatoms. The van der Waals surface area contributed by atoms with Gasteiger partial charge in [0.2, 0.25) is 0 Å². The number of amides is 1. The van der Waals surface area contributed by atoms with Gasteiger partial charge in [-0.05, 0) is 30.9 Å². The lowest BCUT2D eigenvalue weighted by Gasteiger charge is -2.30. The second kappa shape index (κ2) is 5.57. The first kappa shape index (κ1) is 13.8. The van der Waals surface area contributed by atoms with Gasteiger partial charge in [-0.2, -0.15) is 0 Å². The van der Waals surface area contributed by atoms with Gasteiger partial charge in [0.15, 0.2) is 0 Å². The number of likely N-dealkylation sites (tertiary alicyclic amines) is 1. The van der Waals surface area contributed by atoms with E-state index in [0.29, 0.717) is 24.6 Å². The van der Waals surface area contributed by atoms with Crippen LogP contribution in [0.2, 0.25) is 5.02 Å². The zero-order valence-corrected chi connectivity index (χ0v) is 11.4. The Balaban J connectivity index is 2.24. The van der Waals surface area contributed by atoms with Gasteiger partial charge in [-0.15, -0.1) is 0 Å². The topological polar surface area (TPSA) is 63.5 Å². The van der Waals surface area contributed by atoms with Crippen LogP contribution >= 0.6 is 11.6 Å². The predicted molar refractivity (Wildman–Crippen MR) is 72.4 cm³/mol. The van der Waals surface area contributed by atoms with Crippen molar-refractivity contribution in [2.45, 2.75) is 19.8 Å².